The van der Waals surface area contributed by atoms with Crippen LogP contribution in [0.4, 0.5) is 0 Å². The Morgan fingerprint density at radius 1 is 1.38 bits per heavy atom. The normalized spacial score (nSPS) is 25.5. The Hall–Kier alpha value is -0.790. The zero-order valence-electron chi connectivity index (χ0n) is 8.68. The molecule has 0 bridgehead atoms. The lowest BCUT2D eigenvalue weighted by Crippen LogP contribution is -2.22. The maximum Gasteiger partial charge on any atom is 0.331 e. The summed E-state index contributed by atoms with van der Waals surface area (Å²) in [7, 11) is 0. The molecule has 1 rings (SSSR count). The molecule has 1 aliphatic rings. The number of aliphatic carboxylic acids is 1. The highest BCUT2D eigenvalue weighted by atomic mass is 16.4. The first-order valence-corrected chi connectivity index (χ1v) is 4.88. The van der Waals surface area contributed by atoms with Crippen molar-refractivity contribution in [1.82, 2.24) is 0 Å². The summed E-state index contributed by atoms with van der Waals surface area (Å²) in [5.41, 5.74) is 1.80. The van der Waals surface area contributed by atoms with Crippen LogP contribution in [0.3, 0.4) is 0 Å². The average molecular weight is 182 g/mol. The van der Waals surface area contributed by atoms with Gasteiger partial charge in [-0.2, -0.15) is 0 Å². The molecule has 0 aromatic rings. The van der Waals surface area contributed by atoms with Crippen molar-refractivity contribution in [3.05, 3.63) is 11.1 Å². The second-order valence-electron chi connectivity index (χ2n) is 4.50. The number of carboxylic acid groups (broad SMARTS) is 1. The Balaban J connectivity index is 3.00. The third kappa shape index (κ3) is 2.11. The minimum Gasteiger partial charge on any atom is -0.478 e. The van der Waals surface area contributed by atoms with E-state index in [-0.39, 0.29) is 5.41 Å². The van der Waals surface area contributed by atoms with E-state index in [1.54, 1.807) is 6.92 Å². The zero-order chi connectivity index (χ0) is 10.1. The Labute approximate surface area is 79.6 Å². The van der Waals surface area contributed by atoms with E-state index in [1.807, 2.05) is 0 Å². The van der Waals surface area contributed by atoms with Crippen molar-refractivity contribution in [2.75, 3.05) is 0 Å². The van der Waals surface area contributed by atoms with E-state index >= 15 is 0 Å². The van der Waals surface area contributed by atoms with Crippen LogP contribution in [0.5, 0.6) is 0 Å². The van der Waals surface area contributed by atoms with Gasteiger partial charge in [0.2, 0.25) is 0 Å². The first-order valence-electron chi connectivity index (χ1n) is 4.88. The molecule has 2 nitrogen and oxygen atoms in total. The fourth-order valence-corrected chi connectivity index (χ4v) is 2.18. The van der Waals surface area contributed by atoms with Gasteiger partial charge >= 0.3 is 5.97 Å². The SMILES string of the molecule is CC(C(=O)O)=C1CCCCC1(C)C. The van der Waals surface area contributed by atoms with E-state index < -0.39 is 5.97 Å². The summed E-state index contributed by atoms with van der Waals surface area (Å²) in [5.74, 6) is -0.759. The van der Waals surface area contributed by atoms with Gasteiger partial charge in [0.25, 0.3) is 0 Å². The predicted molar refractivity (Wildman–Crippen MR) is 52.6 cm³/mol. The van der Waals surface area contributed by atoms with E-state index in [2.05, 4.69) is 13.8 Å². The largest absolute Gasteiger partial charge is 0.478 e. The van der Waals surface area contributed by atoms with Crippen molar-refractivity contribution in [2.24, 2.45) is 5.41 Å². The van der Waals surface area contributed by atoms with Crippen LogP contribution in [0.25, 0.3) is 0 Å². The van der Waals surface area contributed by atoms with Gasteiger partial charge in [0.05, 0.1) is 0 Å². The molecule has 0 aromatic carbocycles. The summed E-state index contributed by atoms with van der Waals surface area (Å²) in [6, 6.07) is 0. The van der Waals surface area contributed by atoms with Crippen molar-refractivity contribution in [2.45, 2.75) is 46.5 Å². The molecule has 0 radical (unpaired) electrons. The van der Waals surface area contributed by atoms with Crippen LogP contribution in [0.15, 0.2) is 11.1 Å². The lowest BCUT2D eigenvalue weighted by molar-refractivity contribution is -0.132. The maximum absolute atomic E-state index is 10.8. The highest BCUT2D eigenvalue weighted by Crippen LogP contribution is 2.41. The van der Waals surface area contributed by atoms with Gasteiger partial charge < -0.3 is 5.11 Å². The fourth-order valence-electron chi connectivity index (χ4n) is 2.18. The molecule has 1 saturated carbocycles. The minimum absolute atomic E-state index is 0.0979. The Kier molecular flexibility index (Phi) is 2.79. The summed E-state index contributed by atoms with van der Waals surface area (Å²) in [4.78, 5) is 10.8. The number of hydrogen-bond acceptors (Lipinski definition) is 1. The number of carbonyl (C=O) groups is 1. The molecule has 0 unspecified atom stereocenters. The molecule has 0 spiro atoms. The van der Waals surface area contributed by atoms with Gasteiger partial charge in [0, 0.05) is 5.57 Å². The van der Waals surface area contributed by atoms with E-state index in [0.717, 1.165) is 24.8 Å². The first-order chi connectivity index (χ1) is 5.95. The smallest absolute Gasteiger partial charge is 0.331 e. The van der Waals surface area contributed by atoms with Gasteiger partial charge in [0.1, 0.15) is 0 Å². The molecular formula is C11H18O2. The lowest BCUT2D eigenvalue weighted by atomic mass is 9.71. The van der Waals surface area contributed by atoms with E-state index in [4.69, 9.17) is 5.11 Å². The second kappa shape index (κ2) is 3.52. The minimum atomic E-state index is -0.759. The molecule has 0 aliphatic heterocycles. The van der Waals surface area contributed by atoms with E-state index in [9.17, 15) is 4.79 Å². The molecule has 2 heteroatoms. The summed E-state index contributed by atoms with van der Waals surface area (Å²) >= 11 is 0. The van der Waals surface area contributed by atoms with Crippen LogP contribution in [0, 0.1) is 5.41 Å². The summed E-state index contributed by atoms with van der Waals surface area (Å²) < 4.78 is 0. The summed E-state index contributed by atoms with van der Waals surface area (Å²) in [5, 5.41) is 8.91. The van der Waals surface area contributed by atoms with Crippen molar-refractivity contribution >= 4 is 5.97 Å². The monoisotopic (exact) mass is 182 g/mol. The Morgan fingerprint density at radius 3 is 2.46 bits per heavy atom. The fraction of sp³-hybridized carbons (Fsp3) is 0.727. The quantitative estimate of drug-likeness (QED) is 0.633. The van der Waals surface area contributed by atoms with Crippen LogP contribution >= 0.6 is 0 Å². The maximum atomic E-state index is 10.8. The van der Waals surface area contributed by atoms with Crippen LogP contribution in [0.1, 0.15) is 46.5 Å². The number of hydrogen-bond donors (Lipinski definition) is 1. The summed E-state index contributed by atoms with van der Waals surface area (Å²) in [6.07, 6.45) is 4.45. The molecule has 1 aliphatic carbocycles. The van der Waals surface area contributed by atoms with Crippen molar-refractivity contribution in [3.8, 4) is 0 Å². The average Bonchev–Trinajstić information content (AvgIpc) is 2.02. The molecule has 13 heavy (non-hydrogen) atoms. The second-order valence-corrected chi connectivity index (χ2v) is 4.50. The van der Waals surface area contributed by atoms with Crippen molar-refractivity contribution < 1.29 is 9.90 Å². The van der Waals surface area contributed by atoms with Crippen LogP contribution in [-0.4, -0.2) is 11.1 Å². The molecule has 74 valence electrons. The number of allylic oxidation sites excluding steroid dienone is 1. The zero-order valence-corrected chi connectivity index (χ0v) is 8.68. The number of carboxylic acids is 1. The topological polar surface area (TPSA) is 37.3 Å². The molecule has 1 fully saturated rings. The van der Waals surface area contributed by atoms with Crippen LogP contribution in [0.2, 0.25) is 0 Å². The Bertz CT molecular complexity index is 249. The third-order valence-corrected chi connectivity index (χ3v) is 3.07. The molecule has 0 aromatic heterocycles. The van der Waals surface area contributed by atoms with Gasteiger partial charge in [-0.15, -0.1) is 0 Å². The molecule has 0 saturated heterocycles. The number of rotatable bonds is 1. The highest BCUT2D eigenvalue weighted by molar-refractivity contribution is 5.87. The van der Waals surface area contributed by atoms with Gasteiger partial charge in [0.15, 0.2) is 0 Å². The first kappa shape index (κ1) is 10.3. The summed E-state index contributed by atoms with van der Waals surface area (Å²) in [6.45, 7) is 6.02. The molecule has 1 N–H and O–H groups in total. The van der Waals surface area contributed by atoms with Crippen LogP contribution in [-0.2, 0) is 4.79 Å². The molecule has 0 atom stereocenters. The molecule has 0 amide bonds. The van der Waals surface area contributed by atoms with Gasteiger partial charge in [-0.3, -0.25) is 0 Å². The van der Waals surface area contributed by atoms with E-state index in [1.165, 1.54) is 6.42 Å². The molecular weight excluding hydrogens is 164 g/mol. The van der Waals surface area contributed by atoms with Crippen molar-refractivity contribution in [1.29, 1.82) is 0 Å². The van der Waals surface area contributed by atoms with Gasteiger partial charge in [-0.25, -0.2) is 4.79 Å². The van der Waals surface area contributed by atoms with E-state index in [0.29, 0.717) is 5.57 Å². The van der Waals surface area contributed by atoms with Gasteiger partial charge in [-0.05, 0) is 31.6 Å². The third-order valence-electron chi connectivity index (χ3n) is 3.07. The Morgan fingerprint density at radius 2 is 2.00 bits per heavy atom. The standard InChI is InChI=1S/C11H18O2/c1-8(10(12)13)9-6-4-5-7-11(9,2)3/h4-7H2,1-3H3,(H,12,13). The van der Waals surface area contributed by atoms with Crippen LogP contribution < -0.4 is 0 Å². The highest BCUT2D eigenvalue weighted by Gasteiger charge is 2.29. The lowest BCUT2D eigenvalue weighted by Gasteiger charge is -2.33. The van der Waals surface area contributed by atoms with Gasteiger partial charge in [-0.1, -0.05) is 25.8 Å². The van der Waals surface area contributed by atoms with Crippen molar-refractivity contribution in [3.63, 3.8) is 0 Å². The predicted octanol–water partition coefficient (Wildman–Crippen LogP) is 2.99. The molecule has 0 heterocycles.